The maximum absolute atomic E-state index is 14.0. The van der Waals surface area contributed by atoms with E-state index in [1.165, 1.54) is 24.8 Å². The van der Waals surface area contributed by atoms with Gasteiger partial charge in [-0.05, 0) is 48.7 Å². The van der Waals surface area contributed by atoms with Crippen LogP contribution >= 0.6 is 0 Å². The van der Waals surface area contributed by atoms with Crippen molar-refractivity contribution in [2.24, 2.45) is 0 Å². The average Bonchev–Trinajstić information content (AvgIpc) is 2.74. The summed E-state index contributed by atoms with van der Waals surface area (Å²) in [6.45, 7) is 2.22. The van der Waals surface area contributed by atoms with E-state index in [-0.39, 0.29) is 23.8 Å². The molecule has 1 amide bonds. The topological polar surface area (TPSA) is 54.9 Å². The third-order valence-corrected chi connectivity index (χ3v) is 6.07. The zero-order valence-electron chi connectivity index (χ0n) is 16.8. The van der Waals surface area contributed by atoms with Gasteiger partial charge < -0.3 is 14.4 Å². The zero-order chi connectivity index (χ0) is 20.4. The molecule has 154 valence electrons. The lowest BCUT2D eigenvalue weighted by Gasteiger charge is -2.53. The first-order valence-electron chi connectivity index (χ1n) is 9.93. The smallest absolute Gasteiger partial charge is 0.253 e. The van der Waals surface area contributed by atoms with Crippen LogP contribution < -0.4 is 4.74 Å². The van der Waals surface area contributed by atoms with Gasteiger partial charge in [0.25, 0.3) is 5.91 Å². The van der Waals surface area contributed by atoms with Crippen molar-refractivity contribution in [2.75, 3.05) is 33.9 Å². The summed E-state index contributed by atoms with van der Waals surface area (Å²) in [5.41, 5.74) is 1.57. The molecule has 2 aliphatic heterocycles. The van der Waals surface area contributed by atoms with E-state index < -0.39 is 5.82 Å². The summed E-state index contributed by atoms with van der Waals surface area (Å²) in [5.74, 6) is -0.499. The fourth-order valence-corrected chi connectivity index (χ4v) is 4.43. The Kier molecular flexibility index (Phi) is 5.78. The Labute approximate surface area is 170 Å². The number of amides is 1. The van der Waals surface area contributed by atoms with Crippen molar-refractivity contribution in [3.63, 3.8) is 0 Å². The number of nitrogens with zero attached hydrogens (tertiary/aromatic N) is 3. The summed E-state index contributed by atoms with van der Waals surface area (Å²) in [5, 5.41) is 0. The van der Waals surface area contributed by atoms with Gasteiger partial charge in [-0.1, -0.05) is 0 Å². The lowest BCUT2D eigenvalue weighted by atomic mass is 9.87. The number of carbonyl (C=O) groups excluding carboxylic acids is 1. The number of rotatable bonds is 5. The van der Waals surface area contributed by atoms with Gasteiger partial charge in [0, 0.05) is 50.7 Å². The van der Waals surface area contributed by atoms with Crippen molar-refractivity contribution in [2.45, 2.75) is 31.0 Å². The molecular weight excluding hydrogens is 373 g/mol. The molecular formula is C22H26FN3O3. The van der Waals surface area contributed by atoms with E-state index in [0.717, 1.165) is 19.4 Å². The van der Waals surface area contributed by atoms with Gasteiger partial charge in [-0.15, -0.1) is 0 Å². The number of pyridine rings is 1. The average molecular weight is 399 g/mol. The molecule has 2 atom stereocenters. The van der Waals surface area contributed by atoms with E-state index in [1.54, 1.807) is 13.2 Å². The van der Waals surface area contributed by atoms with Crippen LogP contribution in [0.4, 0.5) is 4.39 Å². The van der Waals surface area contributed by atoms with Crippen LogP contribution in [0.5, 0.6) is 5.75 Å². The Bertz CT molecular complexity index is 856. The van der Waals surface area contributed by atoms with Crippen LogP contribution in [-0.2, 0) is 4.74 Å². The van der Waals surface area contributed by atoms with Crippen molar-refractivity contribution in [1.29, 1.82) is 0 Å². The Morgan fingerprint density at radius 2 is 1.86 bits per heavy atom. The molecule has 0 saturated carbocycles. The lowest BCUT2D eigenvalue weighted by molar-refractivity contribution is -0.115. The van der Waals surface area contributed by atoms with E-state index in [2.05, 4.69) is 9.88 Å². The molecule has 0 spiro atoms. The van der Waals surface area contributed by atoms with Crippen LogP contribution in [0.1, 0.15) is 34.8 Å². The van der Waals surface area contributed by atoms with Gasteiger partial charge in [-0.2, -0.15) is 0 Å². The minimum atomic E-state index is -0.514. The molecule has 2 unspecified atom stereocenters. The number of ether oxygens (including phenoxy) is 2. The SMILES string of the molecule is COc1ccc(C(=O)N2CCC(N3CC(OC)C3c3ccncc3)CC2)cc1F. The van der Waals surface area contributed by atoms with E-state index in [1.807, 2.05) is 29.4 Å². The summed E-state index contributed by atoms with van der Waals surface area (Å²) in [7, 11) is 3.17. The van der Waals surface area contributed by atoms with Gasteiger partial charge in [-0.25, -0.2) is 4.39 Å². The molecule has 2 aliphatic rings. The predicted molar refractivity (Wildman–Crippen MR) is 106 cm³/mol. The van der Waals surface area contributed by atoms with E-state index in [4.69, 9.17) is 9.47 Å². The number of likely N-dealkylation sites (tertiary alicyclic amines) is 2. The second-order valence-electron chi connectivity index (χ2n) is 7.57. The molecule has 29 heavy (non-hydrogen) atoms. The molecule has 2 aromatic rings. The number of methoxy groups -OCH3 is 2. The number of hydrogen-bond acceptors (Lipinski definition) is 5. The number of hydrogen-bond donors (Lipinski definition) is 0. The highest BCUT2D eigenvalue weighted by atomic mass is 19.1. The largest absolute Gasteiger partial charge is 0.494 e. The number of benzene rings is 1. The summed E-state index contributed by atoms with van der Waals surface area (Å²) in [6, 6.07) is 9.08. The van der Waals surface area contributed by atoms with Crippen LogP contribution in [-0.4, -0.2) is 66.7 Å². The van der Waals surface area contributed by atoms with E-state index in [9.17, 15) is 9.18 Å². The maximum Gasteiger partial charge on any atom is 0.253 e. The summed E-state index contributed by atoms with van der Waals surface area (Å²) in [6.07, 6.45) is 5.59. The molecule has 3 heterocycles. The third kappa shape index (κ3) is 3.84. The summed E-state index contributed by atoms with van der Waals surface area (Å²) >= 11 is 0. The molecule has 0 aliphatic carbocycles. The third-order valence-electron chi connectivity index (χ3n) is 6.07. The lowest BCUT2D eigenvalue weighted by Crippen LogP contribution is -2.60. The maximum atomic E-state index is 14.0. The molecule has 4 rings (SSSR count). The summed E-state index contributed by atoms with van der Waals surface area (Å²) in [4.78, 5) is 21.2. The van der Waals surface area contributed by atoms with E-state index in [0.29, 0.717) is 24.7 Å². The molecule has 1 aromatic heterocycles. The number of piperidine rings is 1. The van der Waals surface area contributed by atoms with Crippen molar-refractivity contribution in [1.82, 2.24) is 14.8 Å². The Hall–Kier alpha value is -2.51. The van der Waals surface area contributed by atoms with Crippen LogP contribution in [0, 0.1) is 5.82 Å². The van der Waals surface area contributed by atoms with Crippen LogP contribution in [0.3, 0.4) is 0 Å². The van der Waals surface area contributed by atoms with Gasteiger partial charge >= 0.3 is 0 Å². The molecule has 0 N–H and O–H groups in total. The number of aromatic nitrogens is 1. The van der Waals surface area contributed by atoms with Crippen LogP contribution in [0.15, 0.2) is 42.7 Å². The summed E-state index contributed by atoms with van der Waals surface area (Å²) < 4.78 is 24.5. The van der Waals surface area contributed by atoms with Crippen LogP contribution in [0.25, 0.3) is 0 Å². The molecule has 2 saturated heterocycles. The quantitative estimate of drug-likeness (QED) is 0.774. The standard InChI is InChI=1S/C22H26FN3O3/c1-28-19-4-3-16(13-18(19)23)22(27)25-11-7-17(8-12-25)26-14-20(29-2)21(26)15-5-9-24-10-6-15/h3-6,9-10,13,17,20-21H,7-8,11-12,14H2,1-2H3. The highest BCUT2D eigenvalue weighted by Gasteiger charge is 2.44. The second-order valence-corrected chi connectivity index (χ2v) is 7.57. The van der Waals surface area contributed by atoms with Gasteiger partial charge in [-0.3, -0.25) is 14.7 Å². The second kappa shape index (κ2) is 8.47. The number of carbonyl (C=O) groups is 1. The highest BCUT2D eigenvalue weighted by molar-refractivity contribution is 5.94. The molecule has 0 radical (unpaired) electrons. The molecule has 0 bridgehead atoms. The van der Waals surface area contributed by atoms with Crippen LogP contribution in [0.2, 0.25) is 0 Å². The minimum absolute atomic E-state index is 0.130. The van der Waals surface area contributed by atoms with Crippen molar-refractivity contribution in [3.05, 3.63) is 59.7 Å². The fraction of sp³-hybridized carbons (Fsp3) is 0.455. The molecule has 1 aromatic carbocycles. The molecule has 7 heteroatoms. The van der Waals surface area contributed by atoms with Crippen molar-refractivity contribution < 1.29 is 18.7 Å². The van der Waals surface area contributed by atoms with Gasteiger partial charge in [0.2, 0.25) is 0 Å². The minimum Gasteiger partial charge on any atom is -0.494 e. The Morgan fingerprint density at radius 1 is 1.14 bits per heavy atom. The zero-order valence-corrected chi connectivity index (χ0v) is 16.8. The normalized spacial score (nSPS) is 22.9. The van der Waals surface area contributed by atoms with E-state index >= 15 is 0 Å². The van der Waals surface area contributed by atoms with Gasteiger partial charge in [0.15, 0.2) is 11.6 Å². The van der Waals surface area contributed by atoms with Gasteiger partial charge in [0.05, 0.1) is 19.3 Å². The predicted octanol–water partition coefficient (Wildman–Crippen LogP) is 2.91. The van der Waals surface area contributed by atoms with Crippen molar-refractivity contribution >= 4 is 5.91 Å². The monoisotopic (exact) mass is 399 g/mol. The Balaban J connectivity index is 1.39. The fourth-order valence-electron chi connectivity index (χ4n) is 4.43. The number of halogens is 1. The van der Waals surface area contributed by atoms with Crippen molar-refractivity contribution in [3.8, 4) is 5.75 Å². The molecule has 2 fully saturated rings. The first-order valence-corrected chi connectivity index (χ1v) is 9.93. The highest BCUT2D eigenvalue weighted by Crippen LogP contribution is 2.39. The first kappa shape index (κ1) is 19.8. The Morgan fingerprint density at radius 3 is 2.48 bits per heavy atom. The van der Waals surface area contributed by atoms with Gasteiger partial charge in [0.1, 0.15) is 0 Å². The first-order chi connectivity index (χ1) is 14.1. The molecule has 6 nitrogen and oxygen atoms in total.